The van der Waals surface area contributed by atoms with Crippen molar-refractivity contribution in [2.75, 3.05) is 6.61 Å². The van der Waals surface area contributed by atoms with Crippen LogP contribution < -0.4 is 11.2 Å². The SMILES string of the molecule is Cn1c(=O)c2c(-c3cccc(F)c3)n(COCC[Si](C)(C)C)cc2n(C)c1=O. The number of aromatic nitrogens is 3. The third-order valence-corrected chi connectivity index (χ3v) is 6.54. The molecule has 0 unspecified atom stereocenters. The molecule has 0 saturated heterocycles. The van der Waals surface area contributed by atoms with E-state index in [9.17, 15) is 14.0 Å². The van der Waals surface area contributed by atoms with E-state index >= 15 is 0 Å². The average molecular weight is 404 g/mol. The Balaban J connectivity index is 2.16. The quantitative estimate of drug-likeness (QED) is 0.469. The molecule has 0 fully saturated rings. The van der Waals surface area contributed by atoms with Crippen LogP contribution in [-0.4, -0.2) is 28.4 Å². The van der Waals surface area contributed by atoms with Crippen LogP contribution in [0.3, 0.4) is 0 Å². The molecule has 3 rings (SSSR count). The van der Waals surface area contributed by atoms with E-state index in [1.54, 1.807) is 29.9 Å². The van der Waals surface area contributed by atoms with E-state index in [2.05, 4.69) is 19.6 Å². The zero-order chi connectivity index (χ0) is 20.6. The lowest BCUT2D eigenvalue weighted by atomic mass is 10.1. The van der Waals surface area contributed by atoms with Gasteiger partial charge in [0, 0.05) is 40.5 Å². The second kappa shape index (κ2) is 7.52. The van der Waals surface area contributed by atoms with Gasteiger partial charge in [-0.05, 0) is 18.2 Å². The van der Waals surface area contributed by atoms with Crippen molar-refractivity contribution in [2.45, 2.75) is 32.4 Å². The zero-order valence-electron chi connectivity index (χ0n) is 17.0. The predicted octanol–water partition coefficient (Wildman–Crippen LogP) is 3.16. The summed E-state index contributed by atoms with van der Waals surface area (Å²) in [5, 5.41) is 0.379. The molecule has 2 aromatic heterocycles. The van der Waals surface area contributed by atoms with Crippen LogP contribution in [0.15, 0.2) is 40.1 Å². The molecule has 0 aliphatic carbocycles. The van der Waals surface area contributed by atoms with Gasteiger partial charge >= 0.3 is 5.69 Å². The molecule has 0 radical (unpaired) electrons. The summed E-state index contributed by atoms with van der Waals surface area (Å²) >= 11 is 0. The van der Waals surface area contributed by atoms with Gasteiger partial charge in [-0.1, -0.05) is 31.8 Å². The molecule has 0 atom stereocenters. The lowest BCUT2D eigenvalue weighted by Crippen LogP contribution is -2.36. The molecule has 3 aromatic rings. The average Bonchev–Trinajstić information content (AvgIpc) is 3.00. The first-order chi connectivity index (χ1) is 13.1. The molecular weight excluding hydrogens is 377 g/mol. The molecule has 0 aliphatic heterocycles. The molecule has 2 heterocycles. The van der Waals surface area contributed by atoms with Crippen LogP contribution in [0.2, 0.25) is 25.7 Å². The largest absolute Gasteiger partial charge is 0.361 e. The zero-order valence-corrected chi connectivity index (χ0v) is 18.0. The topological polar surface area (TPSA) is 58.2 Å². The number of aryl methyl sites for hydroxylation is 1. The lowest BCUT2D eigenvalue weighted by Gasteiger charge is -2.16. The summed E-state index contributed by atoms with van der Waals surface area (Å²) in [5.74, 6) is -0.389. The summed E-state index contributed by atoms with van der Waals surface area (Å²) in [7, 11) is 1.84. The van der Waals surface area contributed by atoms with E-state index in [-0.39, 0.29) is 12.5 Å². The highest BCUT2D eigenvalue weighted by Crippen LogP contribution is 2.28. The molecule has 8 heteroatoms. The Bertz CT molecular complexity index is 1140. The third-order valence-electron chi connectivity index (χ3n) is 4.84. The molecule has 0 aliphatic rings. The lowest BCUT2D eigenvalue weighted by molar-refractivity contribution is 0.0887. The van der Waals surface area contributed by atoms with Crippen molar-refractivity contribution >= 4 is 19.0 Å². The summed E-state index contributed by atoms with van der Waals surface area (Å²) < 4.78 is 24.0. The Morgan fingerprint density at radius 1 is 1.11 bits per heavy atom. The van der Waals surface area contributed by atoms with Crippen molar-refractivity contribution in [3.63, 3.8) is 0 Å². The number of halogens is 1. The van der Waals surface area contributed by atoms with Gasteiger partial charge in [0.2, 0.25) is 0 Å². The molecule has 0 spiro atoms. The predicted molar refractivity (Wildman–Crippen MR) is 112 cm³/mol. The van der Waals surface area contributed by atoms with E-state index in [1.807, 2.05) is 0 Å². The second-order valence-electron chi connectivity index (χ2n) is 8.27. The molecule has 6 nitrogen and oxygen atoms in total. The maximum absolute atomic E-state index is 13.9. The molecular formula is C20H26FN3O3Si. The van der Waals surface area contributed by atoms with Crippen molar-refractivity contribution in [2.24, 2.45) is 14.1 Å². The number of ether oxygens (including phenoxy) is 1. The van der Waals surface area contributed by atoms with Gasteiger partial charge < -0.3 is 9.30 Å². The highest BCUT2D eigenvalue weighted by atomic mass is 28.3. The molecule has 1 aromatic carbocycles. The number of rotatable bonds is 6. The number of hydrogen-bond donors (Lipinski definition) is 0. The number of fused-ring (bicyclic) bond motifs is 1. The molecule has 0 amide bonds. The molecule has 28 heavy (non-hydrogen) atoms. The van der Waals surface area contributed by atoms with Crippen molar-refractivity contribution in [1.82, 2.24) is 13.7 Å². The fraction of sp³-hybridized carbons (Fsp3) is 0.400. The fourth-order valence-electron chi connectivity index (χ4n) is 3.18. The van der Waals surface area contributed by atoms with Gasteiger partial charge in [0.1, 0.15) is 12.5 Å². The van der Waals surface area contributed by atoms with Crippen molar-refractivity contribution < 1.29 is 9.13 Å². The van der Waals surface area contributed by atoms with E-state index in [4.69, 9.17) is 4.74 Å². The standard InChI is InChI=1S/C20H26FN3O3Si/c1-22-16-12-24(13-27-9-10-28(3,4)5)18(14-7-6-8-15(21)11-14)17(16)19(25)23(2)20(22)26/h6-8,11-12H,9-10,13H2,1-5H3. The van der Waals surface area contributed by atoms with E-state index in [0.29, 0.717) is 28.8 Å². The monoisotopic (exact) mass is 403 g/mol. The molecule has 0 bridgehead atoms. The van der Waals surface area contributed by atoms with Gasteiger partial charge in [-0.25, -0.2) is 9.18 Å². The van der Waals surface area contributed by atoms with Gasteiger partial charge in [0.05, 0.1) is 16.6 Å². The number of hydrogen-bond acceptors (Lipinski definition) is 3. The van der Waals surface area contributed by atoms with Crippen LogP contribution in [0, 0.1) is 5.82 Å². The maximum atomic E-state index is 13.9. The summed E-state index contributed by atoms with van der Waals surface area (Å²) in [6, 6.07) is 7.12. The minimum atomic E-state index is -1.23. The Morgan fingerprint density at radius 2 is 1.82 bits per heavy atom. The maximum Gasteiger partial charge on any atom is 0.330 e. The minimum Gasteiger partial charge on any atom is -0.361 e. The Morgan fingerprint density at radius 3 is 2.46 bits per heavy atom. The highest BCUT2D eigenvalue weighted by Gasteiger charge is 2.20. The van der Waals surface area contributed by atoms with Crippen LogP contribution in [-0.2, 0) is 25.6 Å². The Hall–Kier alpha value is -2.45. The number of benzene rings is 1. The van der Waals surface area contributed by atoms with Gasteiger partial charge in [0.25, 0.3) is 5.56 Å². The smallest absolute Gasteiger partial charge is 0.330 e. The fourth-order valence-corrected chi connectivity index (χ4v) is 3.94. The Labute approximate surface area is 163 Å². The van der Waals surface area contributed by atoms with Crippen LogP contribution in [0.5, 0.6) is 0 Å². The first kappa shape index (κ1) is 20.3. The van der Waals surface area contributed by atoms with E-state index < -0.39 is 19.3 Å². The van der Waals surface area contributed by atoms with E-state index in [0.717, 1.165) is 10.6 Å². The first-order valence-electron chi connectivity index (χ1n) is 9.23. The summed E-state index contributed by atoms with van der Waals surface area (Å²) in [5.41, 5.74) is 0.817. The highest BCUT2D eigenvalue weighted by molar-refractivity contribution is 6.76. The first-order valence-corrected chi connectivity index (χ1v) is 12.9. The van der Waals surface area contributed by atoms with Crippen LogP contribution in [0.4, 0.5) is 4.39 Å². The van der Waals surface area contributed by atoms with Crippen LogP contribution in [0.25, 0.3) is 22.2 Å². The molecule has 0 N–H and O–H groups in total. The summed E-state index contributed by atoms with van der Waals surface area (Å²) in [6.45, 7) is 7.67. The number of nitrogens with zero attached hydrogens (tertiary/aromatic N) is 3. The second-order valence-corrected chi connectivity index (χ2v) is 13.9. The third kappa shape index (κ3) is 3.88. The van der Waals surface area contributed by atoms with Gasteiger partial charge in [-0.2, -0.15) is 0 Å². The van der Waals surface area contributed by atoms with Crippen LogP contribution in [0.1, 0.15) is 0 Å². The van der Waals surface area contributed by atoms with Gasteiger partial charge in [-0.3, -0.25) is 13.9 Å². The van der Waals surface area contributed by atoms with Crippen LogP contribution >= 0.6 is 0 Å². The Kier molecular flexibility index (Phi) is 5.45. The molecule has 0 saturated carbocycles. The van der Waals surface area contributed by atoms with E-state index in [1.165, 1.54) is 23.7 Å². The summed E-state index contributed by atoms with van der Waals surface area (Å²) in [4.78, 5) is 25.2. The minimum absolute atomic E-state index is 0.225. The van der Waals surface area contributed by atoms with Crippen molar-refractivity contribution in [1.29, 1.82) is 0 Å². The van der Waals surface area contributed by atoms with Crippen molar-refractivity contribution in [3.8, 4) is 11.3 Å². The normalized spacial score (nSPS) is 12.1. The molecule has 150 valence electrons. The van der Waals surface area contributed by atoms with Crippen molar-refractivity contribution in [3.05, 3.63) is 57.1 Å². The summed E-state index contributed by atoms with van der Waals surface area (Å²) in [6.07, 6.45) is 1.73. The van der Waals surface area contributed by atoms with Gasteiger partial charge in [-0.15, -0.1) is 0 Å². The van der Waals surface area contributed by atoms with Gasteiger partial charge in [0.15, 0.2) is 0 Å².